The molecule has 0 aromatic heterocycles. The minimum absolute atomic E-state index is 0.237. The molecule has 0 bridgehead atoms. The summed E-state index contributed by atoms with van der Waals surface area (Å²) in [6, 6.07) is 9.83. The van der Waals surface area contributed by atoms with Gasteiger partial charge in [0.1, 0.15) is 0 Å². The Morgan fingerprint density at radius 1 is 1.17 bits per heavy atom. The SMILES string of the molecule is CC(=O)OC1(C#Cc2ccccc2)CCCCC1. The van der Waals surface area contributed by atoms with Crippen LogP contribution >= 0.6 is 0 Å². The van der Waals surface area contributed by atoms with Gasteiger partial charge >= 0.3 is 5.97 Å². The largest absolute Gasteiger partial charge is 0.446 e. The summed E-state index contributed by atoms with van der Waals surface area (Å²) in [5.74, 6) is 6.09. The first-order valence-electron chi connectivity index (χ1n) is 6.48. The fourth-order valence-corrected chi connectivity index (χ4v) is 2.36. The molecule has 0 amide bonds. The minimum Gasteiger partial charge on any atom is -0.446 e. The van der Waals surface area contributed by atoms with Crippen molar-refractivity contribution in [2.45, 2.75) is 44.6 Å². The van der Waals surface area contributed by atoms with Crippen molar-refractivity contribution < 1.29 is 9.53 Å². The Hall–Kier alpha value is -1.75. The van der Waals surface area contributed by atoms with E-state index < -0.39 is 5.60 Å². The number of hydrogen-bond acceptors (Lipinski definition) is 2. The lowest BCUT2D eigenvalue weighted by atomic mass is 9.85. The van der Waals surface area contributed by atoms with Crippen LogP contribution in [-0.2, 0) is 9.53 Å². The summed E-state index contributed by atoms with van der Waals surface area (Å²) in [6.07, 6.45) is 5.07. The van der Waals surface area contributed by atoms with Crippen LogP contribution in [0.1, 0.15) is 44.6 Å². The molecule has 18 heavy (non-hydrogen) atoms. The molecule has 1 aromatic rings. The highest BCUT2D eigenvalue weighted by molar-refractivity contribution is 5.67. The quantitative estimate of drug-likeness (QED) is 0.558. The maximum atomic E-state index is 11.2. The molecule has 2 nitrogen and oxygen atoms in total. The highest BCUT2D eigenvalue weighted by atomic mass is 16.6. The molecule has 0 saturated heterocycles. The maximum Gasteiger partial charge on any atom is 0.304 e. The van der Waals surface area contributed by atoms with Crippen LogP contribution in [0.5, 0.6) is 0 Å². The Morgan fingerprint density at radius 3 is 2.44 bits per heavy atom. The van der Waals surface area contributed by atoms with Crippen molar-refractivity contribution in [1.82, 2.24) is 0 Å². The molecule has 0 unspecified atom stereocenters. The molecule has 2 rings (SSSR count). The second-order valence-electron chi connectivity index (χ2n) is 4.76. The number of ether oxygens (including phenoxy) is 1. The Labute approximate surface area is 108 Å². The van der Waals surface area contributed by atoms with E-state index in [1.165, 1.54) is 13.3 Å². The topological polar surface area (TPSA) is 26.3 Å². The van der Waals surface area contributed by atoms with Gasteiger partial charge in [-0.2, -0.15) is 0 Å². The van der Waals surface area contributed by atoms with Crippen LogP contribution in [0, 0.1) is 11.8 Å². The van der Waals surface area contributed by atoms with Gasteiger partial charge < -0.3 is 4.74 Å². The molecular weight excluding hydrogens is 224 g/mol. The molecule has 0 N–H and O–H groups in total. The molecule has 0 aliphatic heterocycles. The molecule has 2 heteroatoms. The lowest BCUT2D eigenvalue weighted by molar-refractivity contribution is -0.153. The van der Waals surface area contributed by atoms with Crippen molar-refractivity contribution in [2.75, 3.05) is 0 Å². The van der Waals surface area contributed by atoms with E-state index in [1.54, 1.807) is 0 Å². The third kappa shape index (κ3) is 3.37. The van der Waals surface area contributed by atoms with E-state index in [-0.39, 0.29) is 5.97 Å². The maximum absolute atomic E-state index is 11.2. The molecule has 1 aromatic carbocycles. The Bertz CT molecular complexity index is 459. The lowest BCUT2D eigenvalue weighted by Gasteiger charge is -2.31. The lowest BCUT2D eigenvalue weighted by Crippen LogP contribution is -2.35. The average molecular weight is 242 g/mol. The van der Waals surface area contributed by atoms with E-state index in [0.29, 0.717) is 0 Å². The monoisotopic (exact) mass is 242 g/mol. The van der Waals surface area contributed by atoms with Crippen molar-refractivity contribution in [3.8, 4) is 11.8 Å². The van der Waals surface area contributed by atoms with Crippen molar-refractivity contribution in [3.05, 3.63) is 35.9 Å². The third-order valence-corrected chi connectivity index (χ3v) is 3.21. The van der Waals surface area contributed by atoms with Crippen LogP contribution in [0.15, 0.2) is 30.3 Å². The number of carbonyl (C=O) groups is 1. The van der Waals surface area contributed by atoms with Crippen molar-refractivity contribution in [2.24, 2.45) is 0 Å². The second-order valence-corrected chi connectivity index (χ2v) is 4.76. The molecule has 0 atom stereocenters. The fraction of sp³-hybridized carbons (Fsp3) is 0.438. The summed E-state index contributed by atoms with van der Waals surface area (Å²) in [5.41, 5.74) is 0.412. The molecule has 1 fully saturated rings. The summed E-state index contributed by atoms with van der Waals surface area (Å²) >= 11 is 0. The van der Waals surface area contributed by atoms with Crippen LogP contribution in [0.3, 0.4) is 0 Å². The number of carbonyl (C=O) groups excluding carboxylic acids is 1. The zero-order valence-electron chi connectivity index (χ0n) is 10.7. The van der Waals surface area contributed by atoms with E-state index in [9.17, 15) is 4.79 Å². The normalized spacial score (nSPS) is 17.4. The van der Waals surface area contributed by atoms with Crippen LogP contribution < -0.4 is 0 Å². The highest BCUT2D eigenvalue weighted by Gasteiger charge is 2.33. The van der Waals surface area contributed by atoms with Crippen molar-refractivity contribution >= 4 is 5.97 Å². The fourth-order valence-electron chi connectivity index (χ4n) is 2.36. The summed E-state index contributed by atoms with van der Waals surface area (Å²) in [6.45, 7) is 1.46. The standard InChI is InChI=1S/C16H18O2/c1-14(17)18-16(11-6-3-7-12-16)13-10-15-8-4-2-5-9-15/h2,4-5,8-9H,3,6-7,11-12H2,1H3. The van der Waals surface area contributed by atoms with Gasteiger partial charge in [0.2, 0.25) is 0 Å². The first-order chi connectivity index (χ1) is 8.70. The molecular formula is C16H18O2. The summed E-state index contributed by atoms with van der Waals surface area (Å²) in [5, 5.41) is 0. The highest BCUT2D eigenvalue weighted by Crippen LogP contribution is 2.31. The number of benzene rings is 1. The van der Waals surface area contributed by atoms with E-state index in [4.69, 9.17) is 4.74 Å². The summed E-state index contributed by atoms with van der Waals surface area (Å²) < 4.78 is 5.49. The van der Waals surface area contributed by atoms with E-state index in [1.807, 2.05) is 30.3 Å². The molecule has 0 radical (unpaired) electrons. The summed E-state index contributed by atoms with van der Waals surface area (Å²) in [7, 11) is 0. The van der Waals surface area contributed by atoms with Crippen molar-refractivity contribution in [3.63, 3.8) is 0 Å². The predicted molar refractivity (Wildman–Crippen MR) is 70.9 cm³/mol. The predicted octanol–water partition coefficient (Wildman–Crippen LogP) is 3.30. The average Bonchev–Trinajstić information content (AvgIpc) is 2.38. The van der Waals surface area contributed by atoms with Crippen LogP contribution in [-0.4, -0.2) is 11.6 Å². The zero-order chi connectivity index (χ0) is 12.8. The van der Waals surface area contributed by atoms with Crippen LogP contribution in [0.4, 0.5) is 0 Å². The third-order valence-electron chi connectivity index (χ3n) is 3.21. The van der Waals surface area contributed by atoms with Gasteiger partial charge in [-0.25, -0.2) is 0 Å². The Morgan fingerprint density at radius 2 is 1.83 bits per heavy atom. The van der Waals surface area contributed by atoms with Gasteiger partial charge in [0, 0.05) is 12.5 Å². The minimum atomic E-state index is -0.556. The van der Waals surface area contributed by atoms with Crippen LogP contribution in [0.25, 0.3) is 0 Å². The number of esters is 1. The van der Waals surface area contributed by atoms with Crippen molar-refractivity contribution in [1.29, 1.82) is 0 Å². The van der Waals surface area contributed by atoms with Gasteiger partial charge in [-0.3, -0.25) is 4.79 Å². The Kier molecular flexibility index (Phi) is 4.04. The number of rotatable bonds is 1. The Balaban J connectivity index is 2.20. The van der Waals surface area contributed by atoms with Crippen LogP contribution in [0.2, 0.25) is 0 Å². The van der Waals surface area contributed by atoms with E-state index in [0.717, 1.165) is 31.2 Å². The molecule has 0 spiro atoms. The smallest absolute Gasteiger partial charge is 0.304 e. The number of hydrogen-bond donors (Lipinski definition) is 0. The zero-order valence-corrected chi connectivity index (χ0v) is 10.7. The second kappa shape index (κ2) is 5.73. The summed E-state index contributed by atoms with van der Waals surface area (Å²) in [4.78, 5) is 11.2. The van der Waals surface area contributed by atoms with E-state index in [2.05, 4.69) is 11.8 Å². The van der Waals surface area contributed by atoms with Gasteiger partial charge in [-0.05, 0) is 43.7 Å². The van der Waals surface area contributed by atoms with E-state index >= 15 is 0 Å². The van der Waals surface area contributed by atoms with Gasteiger partial charge in [-0.15, -0.1) is 0 Å². The molecule has 1 aliphatic carbocycles. The molecule has 1 aliphatic rings. The molecule has 0 heterocycles. The molecule has 94 valence electrons. The molecule has 1 saturated carbocycles. The van der Waals surface area contributed by atoms with Gasteiger partial charge in [-0.1, -0.05) is 30.5 Å². The first kappa shape index (κ1) is 12.7. The first-order valence-corrected chi connectivity index (χ1v) is 6.48. The van der Waals surface area contributed by atoms with Gasteiger partial charge in [0.25, 0.3) is 0 Å². The van der Waals surface area contributed by atoms with Gasteiger partial charge in [0.05, 0.1) is 0 Å². The van der Waals surface area contributed by atoms with Gasteiger partial charge in [0.15, 0.2) is 5.60 Å².